The van der Waals surface area contributed by atoms with E-state index in [9.17, 15) is 56.2 Å². The van der Waals surface area contributed by atoms with Gasteiger partial charge in [0.25, 0.3) is 0 Å². The maximum Gasteiger partial charge on any atom is 0.224 e. The molecule has 0 aromatic rings. The molecular weight excluding hydrogens is 472 g/mol. The van der Waals surface area contributed by atoms with Crippen LogP contribution >= 0.6 is 0 Å². The molecule has 11 N–H and O–H groups in total. The monoisotopic (exact) mass is 504 g/mol. The Morgan fingerprint density at radius 2 is 1.12 bits per heavy atom. The van der Waals surface area contributed by atoms with Crippen LogP contribution in [0.15, 0.2) is 0 Å². The Morgan fingerprint density at radius 1 is 0.588 bits per heavy atom. The SMILES string of the molecule is OCC1O[C@H](OCC2O[C@H](O[C@]3(CO)O[C@H](CO)[C@@H](O)[C@@H]3O)C(O)[C@@H](O)[C@@H]2O)C(O)[C@@H](O)[C@H]1O. The molecule has 14 atom stereocenters. The Bertz CT molecular complexity index is 653. The van der Waals surface area contributed by atoms with Gasteiger partial charge in [-0.25, -0.2) is 0 Å². The Labute approximate surface area is 192 Å². The fraction of sp³-hybridized carbons (Fsp3) is 1.00. The summed E-state index contributed by atoms with van der Waals surface area (Å²) in [6, 6.07) is 0. The zero-order chi connectivity index (χ0) is 25.4. The molecule has 0 radical (unpaired) electrons. The van der Waals surface area contributed by atoms with Gasteiger partial charge in [-0.2, -0.15) is 0 Å². The quantitative estimate of drug-likeness (QED) is 0.146. The van der Waals surface area contributed by atoms with Crippen molar-refractivity contribution in [2.24, 2.45) is 0 Å². The molecule has 0 spiro atoms. The molecule has 0 aliphatic carbocycles. The number of ether oxygens (including phenoxy) is 5. The van der Waals surface area contributed by atoms with Gasteiger partial charge in [-0.05, 0) is 0 Å². The van der Waals surface area contributed by atoms with Gasteiger partial charge in [0.2, 0.25) is 5.79 Å². The zero-order valence-electron chi connectivity index (χ0n) is 17.8. The van der Waals surface area contributed by atoms with Crippen LogP contribution in [-0.4, -0.2) is 168 Å². The molecule has 0 aromatic heterocycles. The molecule has 16 heteroatoms. The lowest BCUT2D eigenvalue weighted by Gasteiger charge is -2.44. The first kappa shape index (κ1) is 27.9. The minimum atomic E-state index is -2.36. The summed E-state index contributed by atoms with van der Waals surface area (Å²) in [6.07, 6.45) is -21.8. The van der Waals surface area contributed by atoms with Crippen molar-refractivity contribution < 1.29 is 79.9 Å². The van der Waals surface area contributed by atoms with Gasteiger partial charge in [0.05, 0.1) is 19.8 Å². The first-order chi connectivity index (χ1) is 16.0. The van der Waals surface area contributed by atoms with Gasteiger partial charge in [-0.3, -0.25) is 0 Å². The van der Waals surface area contributed by atoms with Crippen molar-refractivity contribution in [3.8, 4) is 0 Å². The van der Waals surface area contributed by atoms with Crippen LogP contribution in [0, 0.1) is 0 Å². The van der Waals surface area contributed by atoms with Gasteiger partial charge in [-0.15, -0.1) is 0 Å². The third-order valence-corrected chi connectivity index (χ3v) is 6.16. The highest BCUT2D eigenvalue weighted by Crippen LogP contribution is 2.36. The first-order valence-electron chi connectivity index (χ1n) is 10.6. The summed E-state index contributed by atoms with van der Waals surface area (Å²) in [4.78, 5) is 0. The number of hydrogen-bond acceptors (Lipinski definition) is 16. The van der Waals surface area contributed by atoms with Crippen LogP contribution < -0.4 is 0 Å². The first-order valence-corrected chi connectivity index (χ1v) is 10.6. The van der Waals surface area contributed by atoms with E-state index >= 15 is 0 Å². The molecule has 0 saturated carbocycles. The maximum absolute atomic E-state index is 10.3. The van der Waals surface area contributed by atoms with E-state index in [2.05, 4.69) is 0 Å². The molecule has 16 nitrogen and oxygen atoms in total. The highest BCUT2D eigenvalue weighted by atomic mass is 16.8. The number of aliphatic hydroxyl groups excluding tert-OH is 11. The van der Waals surface area contributed by atoms with Crippen molar-refractivity contribution >= 4 is 0 Å². The fourth-order valence-corrected chi connectivity index (χ4v) is 4.01. The molecule has 3 rings (SSSR count). The van der Waals surface area contributed by atoms with Gasteiger partial charge in [-0.1, -0.05) is 0 Å². The molecular formula is C18H32O16. The van der Waals surface area contributed by atoms with Crippen LogP contribution in [0.4, 0.5) is 0 Å². The third kappa shape index (κ3) is 5.09. The second-order valence-corrected chi connectivity index (χ2v) is 8.41. The average molecular weight is 504 g/mol. The summed E-state index contributed by atoms with van der Waals surface area (Å²) in [7, 11) is 0. The van der Waals surface area contributed by atoms with Crippen molar-refractivity contribution in [3.05, 3.63) is 0 Å². The van der Waals surface area contributed by atoms with Crippen LogP contribution in [0.1, 0.15) is 0 Å². The summed E-state index contributed by atoms with van der Waals surface area (Å²) in [5, 5.41) is 109. The van der Waals surface area contributed by atoms with E-state index in [1.54, 1.807) is 0 Å². The van der Waals surface area contributed by atoms with Crippen molar-refractivity contribution in [1.29, 1.82) is 0 Å². The molecule has 3 aliphatic rings. The Balaban J connectivity index is 1.69. The minimum Gasteiger partial charge on any atom is -0.394 e. The molecule has 0 aromatic carbocycles. The van der Waals surface area contributed by atoms with Crippen LogP contribution in [0.2, 0.25) is 0 Å². The van der Waals surface area contributed by atoms with Crippen molar-refractivity contribution in [2.45, 2.75) is 85.5 Å². The lowest BCUT2D eigenvalue weighted by Crippen LogP contribution is -2.63. The van der Waals surface area contributed by atoms with E-state index in [4.69, 9.17) is 23.7 Å². The largest absolute Gasteiger partial charge is 0.394 e. The van der Waals surface area contributed by atoms with Crippen LogP contribution in [0.3, 0.4) is 0 Å². The smallest absolute Gasteiger partial charge is 0.224 e. The molecule has 34 heavy (non-hydrogen) atoms. The van der Waals surface area contributed by atoms with E-state index in [1.165, 1.54) is 0 Å². The Kier molecular flexibility index (Phi) is 9.18. The highest BCUT2D eigenvalue weighted by molar-refractivity contribution is 4.98. The third-order valence-electron chi connectivity index (χ3n) is 6.16. The molecule has 3 heterocycles. The normalized spacial score (nSPS) is 52.1. The van der Waals surface area contributed by atoms with Crippen LogP contribution in [-0.2, 0) is 23.7 Å². The summed E-state index contributed by atoms with van der Waals surface area (Å²) in [5.74, 6) is -2.36. The molecule has 4 unspecified atom stereocenters. The summed E-state index contributed by atoms with van der Waals surface area (Å²) < 4.78 is 26.4. The van der Waals surface area contributed by atoms with E-state index in [0.29, 0.717) is 0 Å². The minimum absolute atomic E-state index is 0.634. The molecule has 3 fully saturated rings. The van der Waals surface area contributed by atoms with Crippen molar-refractivity contribution in [2.75, 3.05) is 26.4 Å². The highest BCUT2D eigenvalue weighted by Gasteiger charge is 2.58. The van der Waals surface area contributed by atoms with Crippen LogP contribution in [0.5, 0.6) is 0 Å². The lowest BCUT2D eigenvalue weighted by atomic mass is 9.98. The Hall–Kier alpha value is -0.640. The molecule has 0 bridgehead atoms. The van der Waals surface area contributed by atoms with Gasteiger partial charge in [0.15, 0.2) is 12.6 Å². The van der Waals surface area contributed by atoms with Crippen molar-refractivity contribution in [3.63, 3.8) is 0 Å². The predicted octanol–water partition coefficient (Wildman–Crippen LogP) is -7.57. The molecule has 3 saturated heterocycles. The van der Waals surface area contributed by atoms with Crippen molar-refractivity contribution in [1.82, 2.24) is 0 Å². The maximum atomic E-state index is 10.3. The number of hydrogen-bond donors (Lipinski definition) is 11. The fourth-order valence-electron chi connectivity index (χ4n) is 4.01. The zero-order valence-corrected chi connectivity index (χ0v) is 17.8. The van der Waals surface area contributed by atoms with E-state index in [1.807, 2.05) is 0 Å². The van der Waals surface area contributed by atoms with Gasteiger partial charge >= 0.3 is 0 Å². The van der Waals surface area contributed by atoms with E-state index < -0.39 is 112 Å². The van der Waals surface area contributed by atoms with Gasteiger partial charge < -0.3 is 79.9 Å². The molecule has 200 valence electrons. The van der Waals surface area contributed by atoms with E-state index in [-0.39, 0.29) is 0 Å². The standard InChI is InChI=1S/C18H32O16/c19-1-5-8(22)11(25)13(27)16(31-5)30-3-7-9(23)12(26)14(28)17(32-7)34-18(4-21)15(29)10(24)6(2-20)33-18/h5-17,19-29H,1-4H2/t5?,6-,7?,8+,9-,10-,11+,12+,13?,14?,15+,16+,17-,18+/m1/s1. The number of rotatable bonds is 8. The summed E-state index contributed by atoms with van der Waals surface area (Å²) in [5.41, 5.74) is 0. The average Bonchev–Trinajstić information content (AvgIpc) is 3.08. The van der Waals surface area contributed by atoms with Gasteiger partial charge in [0.1, 0.15) is 73.8 Å². The predicted molar refractivity (Wildman–Crippen MR) is 101 cm³/mol. The summed E-state index contributed by atoms with van der Waals surface area (Å²) >= 11 is 0. The second kappa shape index (κ2) is 11.2. The number of aliphatic hydroxyl groups is 11. The lowest BCUT2D eigenvalue weighted by molar-refractivity contribution is -0.388. The molecule has 0 amide bonds. The Morgan fingerprint density at radius 3 is 1.65 bits per heavy atom. The van der Waals surface area contributed by atoms with Crippen LogP contribution in [0.25, 0.3) is 0 Å². The van der Waals surface area contributed by atoms with E-state index in [0.717, 1.165) is 0 Å². The topological polar surface area (TPSA) is 269 Å². The summed E-state index contributed by atoms with van der Waals surface area (Å²) in [6.45, 7) is -3.14. The van der Waals surface area contributed by atoms with Gasteiger partial charge in [0, 0.05) is 0 Å². The molecule has 3 aliphatic heterocycles. The second-order valence-electron chi connectivity index (χ2n) is 8.41.